The van der Waals surface area contributed by atoms with Crippen molar-refractivity contribution in [1.82, 2.24) is 0 Å². The fourth-order valence-corrected chi connectivity index (χ4v) is 4.13. The Labute approximate surface area is 154 Å². The molecule has 0 aromatic heterocycles. The molecule has 0 spiro atoms. The largest absolute Gasteiger partial charge is 0.312 e. The molecule has 2 aromatic rings. The molecule has 26 heavy (non-hydrogen) atoms. The van der Waals surface area contributed by atoms with Crippen LogP contribution in [0.3, 0.4) is 0 Å². The zero-order chi connectivity index (χ0) is 18.3. The highest BCUT2D eigenvalue weighted by Crippen LogP contribution is 2.35. The highest BCUT2D eigenvalue weighted by atomic mass is 16.2. The van der Waals surface area contributed by atoms with Gasteiger partial charge in [0.05, 0.1) is 5.92 Å². The number of nitrogens with zero attached hydrogens (tertiary/aromatic N) is 2. The summed E-state index contributed by atoms with van der Waals surface area (Å²) < 4.78 is 0. The van der Waals surface area contributed by atoms with Crippen LogP contribution in [0.1, 0.15) is 31.4 Å². The lowest BCUT2D eigenvalue weighted by atomic mass is 10.1. The second-order valence-corrected chi connectivity index (χ2v) is 7.32. The minimum Gasteiger partial charge on any atom is -0.312 e. The predicted octanol–water partition coefficient (Wildman–Crippen LogP) is 3.58. The summed E-state index contributed by atoms with van der Waals surface area (Å²) in [6, 6.07) is 16.3. The first kappa shape index (κ1) is 16.8. The van der Waals surface area contributed by atoms with E-state index < -0.39 is 0 Å². The summed E-state index contributed by atoms with van der Waals surface area (Å²) in [6.45, 7) is 4.66. The maximum Gasteiger partial charge on any atom is 0.232 e. The van der Waals surface area contributed by atoms with Crippen molar-refractivity contribution >= 4 is 23.2 Å². The number of anilines is 2. The van der Waals surface area contributed by atoms with E-state index in [-0.39, 0.29) is 23.8 Å². The van der Waals surface area contributed by atoms with Gasteiger partial charge in [-0.15, -0.1) is 0 Å². The van der Waals surface area contributed by atoms with Gasteiger partial charge in [-0.2, -0.15) is 0 Å². The van der Waals surface area contributed by atoms with Crippen LogP contribution in [0, 0.1) is 5.92 Å². The van der Waals surface area contributed by atoms with E-state index in [1.165, 1.54) is 11.1 Å². The van der Waals surface area contributed by atoms with E-state index in [1.807, 2.05) is 35.2 Å². The fraction of sp³-hybridized carbons (Fsp3) is 0.364. The standard InChI is InChI=1S/C22H24N2O2/c1-3-16-8-10-19(11-9-16)23-14-18(13-21(23)25)22(26)24-15(2)12-17-6-4-5-7-20(17)24/h4-11,15,18H,3,12-14H2,1-2H3. The van der Waals surface area contributed by atoms with E-state index in [0.29, 0.717) is 13.0 Å². The first-order chi connectivity index (χ1) is 12.6. The molecule has 2 unspecified atom stereocenters. The van der Waals surface area contributed by atoms with Gasteiger partial charge in [-0.1, -0.05) is 37.3 Å². The Balaban J connectivity index is 1.54. The molecule has 0 aliphatic carbocycles. The number of aryl methyl sites for hydroxylation is 1. The van der Waals surface area contributed by atoms with Crippen molar-refractivity contribution in [2.75, 3.05) is 16.3 Å². The van der Waals surface area contributed by atoms with Crippen molar-refractivity contribution in [2.24, 2.45) is 5.92 Å². The smallest absolute Gasteiger partial charge is 0.232 e. The maximum atomic E-state index is 13.2. The summed E-state index contributed by atoms with van der Waals surface area (Å²) >= 11 is 0. The van der Waals surface area contributed by atoms with E-state index in [1.54, 1.807) is 4.90 Å². The molecule has 1 saturated heterocycles. The van der Waals surface area contributed by atoms with Crippen LogP contribution < -0.4 is 9.80 Å². The molecular formula is C22H24N2O2. The highest BCUT2D eigenvalue weighted by molar-refractivity contribution is 6.05. The number of rotatable bonds is 3. The molecule has 0 saturated carbocycles. The van der Waals surface area contributed by atoms with E-state index >= 15 is 0 Å². The number of carbonyl (C=O) groups is 2. The van der Waals surface area contributed by atoms with Gasteiger partial charge >= 0.3 is 0 Å². The Kier molecular flexibility index (Phi) is 4.27. The maximum absolute atomic E-state index is 13.2. The molecule has 2 aliphatic heterocycles. The van der Waals surface area contributed by atoms with Gasteiger partial charge in [0, 0.05) is 30.4 Å². The molecule has 2 aliphatic rings. The van der Waals surface area contributed by atoms with Gasteiger partial charge in [0.2, 0.25) is 11.8 Å². The minimum absolute atomic E-state index is 0.0349. The lowest BCUT2D eigenvalue weighted by molar-refractivity contribution is -0.124. The second kappa shape index (κ2) is 6.60. The van der Waals surface area contributed by atoms with Crippen LogP contribution in [0.15, 0.2) is 48.5 Å². The lowest BCUT2D eigenvalue weighted by Crippen LogP contribution is -2.41. The monoisotopic (exact) mass is 348 g/mol. The molecule has 1 fully saturated rings. The average molecular weight is 348 g/mol. The third-order valence-corrected chi connectivity index (χ3v) is 5.58. The Morgan fingerprint density at radius 2 is 1.81 bits per heavy atom. The van der Waals surface area contributed by atoms with Crippen molar-refractivity contribution in [2.45, 2.75) is 39.2 Å². The van der Waals surface area contributed by atoms with Crippen LogP contribution in [-0.4, -0.2) is 24.4 Å². The summed E-state index contributed by atoms with van der Waals surface area (Å²) in [5, 5.41) is 0. The number of para-hydroxylation sites is 1. The quantitative estimate of drug-likeness (QED) is 0.851. The Morgan fingerprint density at radius 1 is 1.08 bits per heavy atom. The molecule has 2 heterocycles. The minimum atomic E-state index is -0.276. The summed E-state index contributed by atoms with van der Waals surface area (Å²) in [5.74, 6) is -0.168. The topological polar surface area (TPSA) is 40.6 Å². The number of benzene rings is 2. The van der Waals surface area contributed by atoms with E-state index in [4.69, 9.17) is 0 Å². The van der Waals surface area contributed by atoms with E-state index in [2.05, 4.69) is 32.0 Å². The van der Waals surface area contributed by atoms with Crippen molar-refractivity contribution in [3.05, 3.63) is 59.7 Å². The summed E-state index contributed by atoms with van der Waals surface area (Å²) in [5.41, 5.74) is 4.35. The number of fused-ring (bicyclic) bond motifs is 1. The van der Waals surface area contributed by atoms with Gasteiger partial charge in [0.1, 0.15) is 0 Å². The first-order valence-electron chi connectivity index (χ1n) is 9.38. The average Bonchev–Trinajstić information content (AvgIpc) is 3.20. The molecule has 4 rings (SSSR count). The molecule has 2 atom stereocenters. The third-order valence-electron chi connectivity index (χ3n) is 5.58. The number of carbonyl (C=O) groups excluding carboxylic acids is 2. The predicted molar refractivity (Wildman–Crippen MR) is 103 cm³/mol. The lowest BCUT2D eigenvalue weighted by Gasteiger charge is -2.26. The van der Waals surface area contributed by atoms with Gasteiger partial charge in [-0.3, -0.25) is 9.59 Å². The molecule has 4 heteroatoms. The summed E-state index contributed by atoms with van der Waals surface area (Å²) in [4.78, 5) is 29.4. The Hall–Kier alpha value is -2.62. The molecular weight excluding hydrogens is 324 g/mol. The zero-order valence-corrected chi connectivity index (χ0v) is 15.3. The summed E-state index contributed by atoms with van der Waals surface area (Å²) in [7, 11) is 0. The van der Waals surface area contributed by atoms with Gasteiger partial charge in [-0.25, -0.2) is 0 Å². The van der Waals surface area contributed by atoms with Crippen molar-refractivity contribution < 1.29 is 9.59 Å². The highest BCUT2D eigenvalue weighted by Gasteiger charge is 2.40. The van der Waals surface area contributed by atoms with Crippen LogP contribution in [-0.2, 0) is 22.4 Å². The molecule has 0 bridgehead atoms. The van der Waals surface area contributed by atoms with Gasteiger partial charge in [-0.05, 0) is 49.1 Å². The molecule has 4 nitrogen and oxygen atoms in total. The summed E-state index contributed by atoms with van der Waals surface area (Å²) in [6.07, 6.45) is 2.14. The van der Waals surface area contributed by atoms with Crippen molar-refractivity contribution in [3.63, 3.8) is 0 Å². The van der Waals surface area contributed by atoms with Gasteiger partial charge in [0.25, 0.3) is 0 Å². The fourth-order valence-electron chi connectivity index (χ4n) is 4.13. The SMILES string of the molecule is CCc1ccc(N2CC(C(=O)N3c4ccccc4CC3C)CC2=O)cc1. The van der Waals surface area contributed by atoms with Gasteiger partial charge < -0.3 is 9.80 Å². The molecule has 0 radical (unpaired) electrons. The van der Waals surface area contributed by atoms with Gasteiger partial charge in [0.15, 0.2) is 0 Å². The molecule has 2 amide bonds. The normalized spacial score (nSPS) is 22.0. The number of hydrogen-bond donors (Lipinski definition) is 0. The zero-order valence-electron chi connectivity index (χ0n) is 15.3. The van der Waals surface area contributed by atoms with Crippen molar-refractivity contribution in [1.29, 1.82) is 0 Å². The van der Waals surface area contributed by atoms with E-state index in [0.717, 1.165) is 24.2 Å². The Morgan fingerprint density at radius 3 is 2.54 bits per heavy atom. The first-order valence-corrected chi connectivity index (χ1v) is 9.38. The van der Waals surface area contributed by atoms with Crippen LogP contribution in [0.25, 0.3) is 0 Å². The molecule has 134 valence electrons. The van der Waals surface area contributed by atoms with Crippen LogP contribution in [0.4, 0.5) is 11.4 Å². The van der Waals surface area contributed by atoms with E-state index in [9.17, 15) is 9.59 Å². The number of amides is 2. The third kappa shape index (κ3) is 2.79. The Bertz CT molecular complexity index is 843. The van der Waals surface area contributed by atoms with Crippen LogP contribution >= 0.6 is 0 Å². The molecule has 2 aromatic carbocycles. The molecule has 0 N–H and O–H groups in total. The van der Waals surface area contributed by atoms with Crippen LogP contribution in [0.5, 0.6) is 0 Å². The van der Waals surface area contributed by atoms with Crippen LogP contribution in [0.2, 0.25) is 0 Å². The number of hydrogen-bond acceptors (Lipinski definition) is 2. The second-order valence-electron chi connectivity index (χ2n) is 7.32. The van der Waals surface area contributed by atoms with Crippen molar-refractivity contribution in [3.8, 4) is 0 Å².